The second kappa shape index (κ2) is 5.40. The number of halogens is 1. The first-order chi connectivity index (χ1) is 10.6. The van der Waals surface area contributed by atoms with Crippen LogP contribution in [0.3, 0.4) is 0 Å². The first-order valence-electron chi connectivity index (χ1n) is 6.54. The molecule has 3 rings (SSSR count). The van der Waals surface area contributed by atoms with Gasteiger partial charge < -0.3 is 5.11 Å². The molecule has 5 nitrogen and oxygen atoms in total. The molecule has 6 heteroatoms. The average molecular weight is 298 g/mol. The highest BCUT2D eigenvalue weighted by Crippen LogP contribution is 2.21. The summed E-state index contributed by atoms with van der Waals surface area (Å²) in [5, 5.41) is 13.6. The van der Waals surface area contributed by atoms with Crippen molar-refractivity contribution in [2.75, 3.05) is 0 Å². The van der Waals surface area contributed by atoms with Crippen molar-refractivity contribution in [1.29, 1.82) is 0 Å². The molecule has 3 aromatic rings. The predicted molar refractivity (Wildman–Crippen MR) is 77.2 cm³/mol. The lowest BCUT2D eigenvalue weighted by atomic mass is 10.1. The first-order valence-corrected chi connectivity index (χ1v) is 6.54. The third-order valence-corrected chi connectivity index (χ3v) is 3.26. The van der Waals surface area contributed by atoms with Crippen LogP contribution >= 0.6 is 0 Å². The van der Waals surface area contributed by atoms with E-state index >= 15 is 0 Å². The highest BCUT2D eigenvalue weighted by atomic mass is 19.1. The molecule has 0 aliphatic heterocycles. The molecule has 110 valence electrons. The summed E-state index contributed by atoms with van der Waals surface area (Å²) in [5.41, 5.74) is 1.02. The van der Waals surface area contributed by atoms with E-state index in [4.69, 9.17) is 5.11 Å². The van der Waals surface area contributed by atoms with E-state index < -0.39 is 11.8 Å². The number of ketones is 1. The van der Waals surface area contributed by atoms with Gasteiger partial charge >= 0.3 is 5.97 Å². The van der Waals surface area contributed by atoms with E-state index in [-0.39, 0.29) is 18.0 Å². The van der Waals surface area contributed by atoms with Gasteiger partial charge in [0.15, 0.2) is 0 Å². The van der Waals surface area contributed by atoms with E-state index in [2.05, 4.69) is 5.10 Å². The third-order valence-electron chi connectivity index (χ3n) is 3.26. The van der Waals surface area contributed by atoms with Crippen molar-refractivity contribution in [1.82, 2.24) is 9.78 Å². The summed E-state index contributed by atoms with van der Waals surface area (Å²) in [6, 6.07) is 12.0. The molecular formula is C16H11FN2O3. The van der Waals surface area contributed by atoms with Crippen LogP contribution in [-0.4, -0.2) is 26.6 Å². The molecular weight excluding hydrogens is 287 g/mol. The molecule has 0 spiro atoms. The lowest BCUT2D eigenvalue weighted by Crippen LogP contribution is -2.11. The fraction of sp³-hybridized carbons (Fsp3) is 0.0625. The monoisotopic (exact) mass is 298 g/mol. The number of carboxylic acids is 1. The average Bonchev–Trinajstić information content (AvgIpc) is 2.86. The summed E-state index contributed by atoms with van der Waals surface area (Å²) in [4.78, 5) is 23.4. The SMILES string of the molecule is O=C(O)Cn1nc(C(=O)c2ccc(F)cc2)c2ccccc21. The smallest absolute Gasteiger partial charge is 0.325 e. The summed E-state index contributed by atoms with van der Waals surface area (Å²) >= 11 is 0. The van der Waals surface area contributed by atoms with Gasteiger partial charge in [-0.05, 0) is 30.3 Å². The van der Waals surface area contributed by atoms with Crippen molar-refractivity contribution >= 4 is 22.7 Å². The Bertz CT molecular complexity index is 869. The molecule has 0 saturated carbocycles. The van der Waals surface area contributed by atoms with E-state index in [9.17, 15) is 14.0 Å². The molecule has 22 heavy (non-hydrogen) atoms. The van der Waals surface area contributed by atoms with Crippen molar-refractivity contribution in [3.63, 3.8) is 0 Å². The molecule has 0 radical (unpaired) electrons. The number of carboxylic acid groups (broad SMARTS) is 1. The molecule has 2 aromatic carbocycles. The Morgan fingerprint density at radius 3 is 2.45 bits per heavy atom. The fourth-order valence-electron chi connectivity index (χ4n) is 2.28. The standard InChI is InChI=1S/C16H11FN2O3/c17-11-7-5-10(6-8-11)16(22)15-12-3-1-2-4-13(12)19(18-15)9-14(20)21/h1-8H,9H2,(H,20,21). The molecule has 0 unspecified atom stereocenters. The third kappa shape index (κ3) is 2.46. The Balaban J connectivity index is 2.12. The molecule has 0 aliphatic rings. The minimum Gasteiger partial charge on any atom is -0.480 e. The van der Waals surface area contributed by atoms with Crippen molar-refractivity contribution in [2.24, 2.45) is 0 Å². The van der Waals surface area contributed by atoms with Crippen LogP contribution in [0.15, 0.2) is 48.5 Å². The van der Waals surface area contributed by atoms with Crippen molar-refractivity contribution < 1.29 is 19.1 Å². The maximum atomic E-state index is 13.0. The molecule has 0 aliphatic carbocycles. The number of carbonyl (C=O) groups excluding carboxylic acids is 1. The molecule has 0 atom stereocenters. The Kier molecular flexibility index (Phi) is 3.42. The molecule has 1 N–H and O–H groups in total. The Morgan fingerprint density at radius 2 is 1.77 bits per heavy atom. The van der Waals surface area contributed by atoms with Gasteiger partial charge in [-0.1, -0.05) is 18.2 Å². The normalized spacial score (nSPS) is 10.8. The summed E-state index contributed by atoms with van der Waals surface area (Å²) < 4.78 is 14.2. The molecule has 1 heterocycles. The van der Waals surface area contributed by atoms with E-state index in [0.29, 0.717) is 16.5 Å². The minimum atomic E-state index is -1.05. The van der Waals surface area contributed by atoms with Gasteiger partial charge in [0, 0.05) is 10.9 Å². The second-order valence-corrected chi connectivity index (χ2v) is 4.75. The quantitative estimate of drug-likeness (QED) is 0.751. The van der Waals surface area contributed by atoms with E-state index in [0.717, 1.165) is 0 Å². The Morgan fingerprint density at radius 1 is 1.09 bits per heavy atom. The van der Waals surface area contributed by atoms with E-state index in [1.807, 2.05) is 0 Å². The van der Waals surface area contributed by atoms with Crippen LogP contribution in [0.2, 0.25) is 0 Å². The second-order valence-electron chi connectivity index (χ2n) is 4.75. The zero-order chi connectivity index (χ0) is 15.7. The topological polar surface area (TPSA) is 72.2 Å². The zero-order valence-corrected chi connectivity index (χ0v) is 11.4. The number of aromatic nitrogens is 2. The molecule has 0 amide bonds. The maximum Gasteiger partial charge on any atom is 0.325 e. The van der Waals surface area contributed by atoms with Gasteiger partial charge in [0.25, 0.3) is 0 Å². The van der Waals surface area contributed by atoms with Crippen molar-refractivity contribution in [3.8, 4) is 0 Å². The van der Waals surface area contributed by atoms with Crippen LogP contribution in [0.5, 0.6) is 0 Å². The number of aliphatic carboxylic acids is 1. The van der Waals surface area contributed by atoms with Crippen LogP contribution in [0.25, 0.3) is 10.9 Å². The van der Waals surface area contributed by atoms with Gasteiger partial charge in [-0.25, -0.2) is 4.39 Å². The number of carbonyl (C=O) groups is 2. The molecule has 1 aromatic heterocycles. The summed E-state index contributed by atoms with van der Waals surface area (Å²) in [6.45, 7) is -0.336. The van der Waals surface area contributed by atoms with Crippen LogP contribution < -0.4 is 0 Å². The van der Waals surface area contributed by atoms with Gasteiger partial charge in [0.2, 0.25) is 5.78 Å². The van der Waals surface area contributed by atoms with Crippen LogP contribution in [-0.2, 0) is 11.3 Å². The number of para-hydroxylation sites is 1. The minimum absolute atomic E-state index is 0.156. The number of nitrogens with zero attached hydrogens (tertiary/aromatic N) is 2. The number of hydrogen-bond acceptors (Lipinski definition) is 3. The highest BCUT2D eigenvalue weighted by molar-refractivity contribution is 6.14. The van der Waals surface area contributed by atoms with Crippen LogP contribution in [0.1, 0.15) is 16.1 Å². The van der Waals surface area contributed by atoms with E-state index in [1.165, 1.54) is 28.9 Å². The van der Waals surface area contributed by atoms with Gasteiger partial charge in [-0.3, -0.25) is 14.3 Å². The molecule has 0 fully saturated rings. The Labute approximate surface area is 124 Å². The lowest BCUT2D eigenvalue weighted by molar-refractivity contribution is -0.137. The van der Waals surface area contributed by atoms with Gasteiger partial charge in [-0.2, -0.15) is 5.10 Å². The number of benzene rings is 2. The van der Waals surface area contributed by atoms with Crippen LogP contribution in [0.4, 0.5) is 4.39 Å². The van der Waals surface area contributed by atoms with Crippen molar-refractivity contribution in [2.45, 2.75) is 6.54 Å². The highest BCUT2D eigenvalue weighted by Gasteiger charge is 2.19. The zero-order valence-electron chi connectivity index (χ0n) is 11.4. The summed E-state index contributed by atoms with van der Waals surface area (Å²) in [5.74, 6) is -1.85. The number of hydrogen-bond donors (Lipinski definition) is 1. The van der Waals surface area contributed by atoms with Gasteiger partial charge in [-0.15, -0.1) is 0 Å². The molecule has 0 saturated heterocycles. The summed E-state index contributed by atoms with van der Waals surface area (Å²) in [7, 11) is 0. The number of rotatable bonds is 4. The van der Waals surface area contributed by atoms with E-state index in [1.54, 1.807) is 24.3 Å². The largest absolute Gasteiger partial charge is 0.480 e. The Hall–Kier alpha value is -3.02. The molecule has 0 bridgehead atoms. The fourth-order valence-corrected chi connectivity index (χ4v) is 2.28. The maximum absolute atomic E-state index is 13.0. The van der Waals surface area contributed by atoms with Gasteiger partial charge in [0.05, 0.1) is 5.52 Å². The van der Waals surface area contributed by atoms with Crippen molar-refractivity contribution in [3.05, 3.63) is 65.6 Å². The lowest BCUT2D eigenvalue weighted by Gasteiger charge is -1.98. The van der Waals surface area contributed by atoms with Gasteiger partial charge in [0.1, 0.15) is 18.1 Å². The predicted octanol–water partition coefficient (Wildman–Crippen LogP) is 2.49. The summed E-state index contributed by atoms with van der Waals surface area (Å²) in [6.07, 6.45) is 0. The number of fused-ring (bicyclic) bond motifs is 1. The first kappa shape index (κ1) is 13.9. The van der Waals surface area contributed by atoms with Crippen LogP contribution in [0, 0.1) is 5.82 Å².